The third kappa shape index (κ3) is 2.67. The number of hydrogen-bond acceptors (Lipinski definition) is 2. The average molecular weight is 237 g/mol. The Labute approximate surface area is 102 Å². The normalized spacial score (nSPS) is 20.8. The number of benzene rings is 1. The maximum absolute atomic E-state index is 12.9. The van der Waals surface area contributed by atoms with Crippen LogP contribution in [0.3, 0.4) is 0 Å². The van der Waals surface area contributed by atoms with E-state index in [0.29, 0.717) is 6.04 Å². The van der Waals surface area contributed by atoms with Gasteiger partial charge in [0.2, 0.25) is 0 Å². The van der Waals surface area contributed by atoms with E-state index in [1.807, 2.05) is 0 Å². The standard InChI is InChI=1S/C14H20FNO/c1-11(2)16-9-7-14(17,8-10-16)12-3-5-13(15)6-4-12/h3-6,11,17H,7-10H2,1-2H3. The molecule has 0 unspecified atom stereocenters. The summed E-state index contributed by atoms with van der Waals surface area (Å²) in [5.74, 6) is -0.253. The molecule has 1 aromatic rings. The highest BCUT2D eigenvalue weighted by atomic mass is 19.1. The van der Waals surface area contributed by atoms with Gasteiger partial charge < -0.3 is 10.0 Å². The van der Waals surface area contributed by atoms with Crippen molar-refractivity contribution < 1.29 is 9.50 Å². The van der Waals surface area contributed by atoms with Crippen molar-refractivity contribution in [2.24, 2.45) is 0 Å². The van der Waals surface area contributed by atoms with Crippen LogP contribution in [0.15, 0.2) is 24.3 Å². The van der Waals surface area contributed by atoms with Crippen LogP contribution in [0.2, 0.25) is 0 Å². The summed E-state index contributed by atoms with van der Waals surface area (Å²) in [6, 6.07) is 6.75. The second kappa shape index (κ2) is 4.75. The Morgan fingerprint density at radius 1 is 1.18 bits per heavy atom. The maximum atomic E-state index is 12.9. The first-order valence-electron chi connectivity index (χ1n) is 6.24. The van der Waals surface area contributed by atoms with Crippen molar-refractivity contribution in [1.29, 1.82) is 0 Å². The van der Waals surface area contributed by atoms with Gasteiger partial charge in [-0.15, -0.1) is 0 Å². The van der Waals surface area contributed by atoms with Crippen molar-refractivity contribution in [3.05, 3.63) is 35.6 Å². The van der Waals surface area contributed by atoms with E-state index in [1.54, 1.807) is 12.1 Å². The average Bonchev–Trinajstić information content (AvgIpc) is 2.30. The molecule has 1 aromatic carbocycles. The molecule has 1 fully saturated rings. The Bertz CT molecular complexity index is 366. The number of piperidine rings is 1. The molecule has 0 saturated carbocycles. The highest BCUT2D eigenvalue weighted by molar-refractivity contribution is 5.23. The summed E-state index contributed by atoms with van der Waals surface area (Å²) in [5, 5.41) is 10.6. The summed E-state index contributed by atoms with van der Waals surface area (Å²) in [6.45, 7) is 6.13. The van der Waals surface area contributed by atoms with E-state index >= 15 is 0 Å². The minimum Gasteiger partial charge on any atom is -0.385 e. The number of halogens is 1. The van der Waals surface area contributed by atoms with Gasteiger partial charge in [0.25, 0.3) is 0 Å². The minimum absolute atomic E-state index is 0.253. The largest absolute Gasteiger partial charge is 0.385 e. The van der Waals surface area contributed by atoms with E-state index in [2.05, 4.69) is 18.7 Å². The van der Waals surface area contributed by atoms with E-state index in [0.717, 1.165) is 31.5 Å². The van der Waals surface area contributed by atoms with E-state index < -0.39 is 5.60 Å². The van der Waals surface area contributed by atoms with Crippen LogP contribution in [0.1, 0.15) is 32.3 Å². The molecule has 0 radical (unpaired) electrons. The molecule has 0 spiro atoms. The Kier molecular flexibility index (Phi) is 3.50. The zero-order chi connectivity index (χ0) is 12.5. The third-order valence-corrected chi connectivity index (χ3v) is 3.74. The summed E-state index contributed by atoms with van der Waals surface area (Å²) >= 11 is 0. The molecule has 1 saturated heterocycles. The Morgan fingerprint density at radius 3 is 2.18 bits per heavy atom. The summed E-state index contributed by atoms with van der Waals surface area (Å²) < 4.78 is 12.9. The van der Waals surface area contributed by atoms with Crippen molar-refractivity contribution in [2.45, 2.75) is 38.3 Å². The topological polar surface area (TPSA) is 23.5 Å². The van der Waals surface area contributed by atoms with Crippen LogP contribution in [0.25, 0.3) is 0 Å². The molecule has 94 valence electrons. The van der Waals surface area contributed by atoms with Crippen molar-refractivity contribution >= 4 is 0 Å². The molecule has 3 heteroatoms. The van der Waals surface area contributed by atoms with Crippen molar-refractivity contribution in [3.8, 4) is 0 Å². The van der Waals surface area contributed by atoms with Gasteiger partial charge in [0.15, 0.2) is 0 Å². The molecule has 17 heavy (non-hydrogen) atoms. The summed E-state index contributed by atoms with van der Waals surface area (Å²) in [5.41, 5.74) is 0.0568. The monoisotopic (exact) mass is 237 g/mol. The fraction of sp³-hybridized carbons (Fsp3) is 0.571. The Hall–Kier alpha value is -0.930. The molecule has 1 aliphatic rings. The van der Waals surface area contributed by atoms with Crippen molar-refractivity contribution in [1.82, 2.24) is 4.90 Å². The molecule has 2 rings (SSSR count). The zero-order valence-electron chi connectivity index (χ0n) is 10.5. The van der Waals surface area contributed by atoms with Crippen LogP contribution in [-0.4, -0.2) is 29.1 Å². The molecule has 0 aromatic heterocycles. The van der Waals surface area contributed by atoms with E-state index in [1.165, 1.54) is 12.1 Å². The molecule has 0 aliphatic carbocycles. The van der Waals surface area contributed by atoms with E-state index in [9.17, 15) is 9.50 Å². The lowest BCUT2D eigenvalue weighted by atomic mass is 9.84. The van der Waals surface area contributed by atoms with Crippen LogP contribution in [0, 0.1) is 5.82 Å². The molecule has 1 N–H and O–H groups in total. The van der Waals surface area contributed by atoms with Gasteiger partial charge >= 0.3 is 0 Å². The zero-order valence-corrected chi connectivity index (χ0v) is 10.5. The first-order chi connectivity index (χ1) is 8.01. The molecule has 0 atom stereocenters. The van der Waals surface area contributed by atoms with Gasteiger partial charge in [-0.05, 0) is 44.4 Å². The Morgan fingerprint density at radius 2 is 1.71 bits per heavy atom. The highest BCUT2D eigenvalue weighted by Gasteiger charge is 2.34. The molecular weight excluding hydrogens is 217 g/mol. The number of likely N-dealkylation sites (tertiary alicyclic amines) is 1. The SMILES string of the molecule is CC(C)N1CCC(O)(c2ccc(F)cc2)CC1. The predicted octanol–water partition coefficient (Wildman–Crippen LogP) is 2.52. The minimum atomic E-state index is -0.779. The second-order valence-electron chi connectivity index (χ2n) is 5.17. The Balaban J connectivity index is 2.09. The second-order valence-corrected chi connectivity index (χ2v) is 5.17. The van der Waals surface area contributed by atoms with Crippen molar-refractivity contribution in [2.75, 3.05) is 13.1 Å². The van der Waals surface area contributed by atoms with Gasteiger partial charge in [0, 0.05) is 19.1 Å². The number of nitrogens with zero attached hydrogens (tertiary/aromatic N) is 1. The lowest BCUT2D eigenvalue weighted by Gasteiger charge is -2.40. The van der Waals surface area contributed by atoms with E-state index in [-0.39, 0.29) is 5.82 Å². The third-order valence-electron chi connectivity index (χ3n) is 3.74. The molecule has 1 aliphatic heterocycles. The van der Waals surface area contributed by atoms with Gasteiger partial charge in [0.1, 0.15) is 5.82 Å². The first kappa shape index (κ1) is 12.5. The predicted molar refractivity (Wildman–Crippen MR) is 66.2 cm³/mol. The van der Waals surface area contributed by atoms with Gasteiger partial charge in [-0.2, -0.15) is 0 Å². The van der Waals surface area contributed by atoms with Gasteiger partial charge in [-0.25, -0.2) is 4.39 Å². The smallest absolute Gasteiger partial charge is 0.123 e. The highest BCUT2D eigenvalue weighted by Crippen LogP contribution is 2.33. The van der Waals surface area contributed by atoms with Crippen LogP contribution in [0.4, 0.5) is 4.39 Å². The summed E-state index contributed by atoms with van der Waals surface area (Å²) in [7, 11) is 0. The fourth-order valence-electron chi connectivity index (χ4n) is 2.46. The van der Waals surface area contributed by atoms with Crippen LogP contribution >= 0.6 is 0 Å². The van der Waals surface area contributed by atoms with Crippen LogP contribution in [-0.2, 0) is 5.60 Å². The summed E-state index contributed by atoms with van der Waals surface area (Å²) in [6.07, 6.45) is 1.44. The number of hydrogen-bond donors (Lipinski definition) is 1. The van der Waals surface area contributed by atoms with Crippen LogP contribution in [0.5, 0.6) is 0 Å². The number of aliphatic hydroxyl groups is 1. The van der Waals surface area contributed by atoms with E-state index in [4.69, 9.17) is 0 Å². The molecular formula is C14H20FNO. The quantitative estimate of drug-likeness (QED) is 0.854. The van der Waals surface area contributed by atoms with Crippen molar-refractivity contribution in [3.63, 3.8) is 0 Å². The van der Waals surface area contributed by atoms with Gasteiger partial charge in [-0.1, -0.05) is 12.1 Å². The van der Waals surface area contributed by atoms with Crippen LogP contribution < -0.4 is 0 Å². The fourth-order valence-corrected chi connectivity index (χ4v) is 2.46. The first-order valence-corrected chi connectivity index (χ1v) is 6.24. The lowest BCUT2D eigenvalue weighted by Crippen LogP contribution is -2.45. The lowest BCUT2D eigenvalue weighted by molar-refractivity contribution is -0.0324. The molecule has 0 amide bonds. The molecule has 0 bridgehead atoms. The maximum Gasteiger partial charge on any atom is 0.123 e. The van der Waals surface area contributed by atoms with Gasteiger partial charge in [-0.3, -0.25) is 0 Å². The molecule has 1 heterocycles. The summed E-state index contributed by atoms with van der Waals surface area (Å²) in [4.78, 5) is 2.36. The molecule has 2 nitrogen and oxygen atoms in total. The number of rotatable bonds is 2. The van der Waals surface area contributed by atoms with Gasteiger partial charge in [0.05, 0.1) is 5.60 Å².